The summed E-state index contributed by atoms with van der Waals surface area (Å²) in [7, 11) is 0. The summed E-state index contributed by atoms with van der Waals surface area (Å²) < 4.78 is 5.22. The van der Waals surface area contributed by atoms with E-state index in [1.165, 1.54) is 11.3 Å². The van der Waals surface area contributed by atoms with Crippen LogP contribution in [0.3, 0.4) is 0 Å². The number of anilines is 1. The minimum absolute atomic E-state index is 0.321. The van der Waals surface area contributed by atoms with Crippen LogP contribution in [0, 0.1) is 25.7 Å². The molecule has 1 heterocycles. The van der Waals surface area contributed by atoms with Gasteiger partial charge >= 0.3 is 11.9 Å². The molecule has 0 bridgehead atoms. The van der Waals surface area contributed by atoms with Crippen LogP contribution in [-0.4, -0.2) is 29.6 Å². The van der Waals surface area contributed by atoms with Crippen molar-refractivity contribution in [3.8, 4) is 0 Å². The molecule has 0 unspecified atom stereocenters. The molecule has 1 aromatic heterocycles. The smallest absolute Gasteiger partial charge is 0.341 e. The van der Waals surface area contributed by atoms with Crippen LogP contribution in [0.15, 0.2) is 0 Å². The Bertz CT molecular complexity index is 667. The van der Waals surface area contributed by atoms with Crippen LogP contribution in [0.2, 0.25) is 0 Å². The molecule has 1 amide bonds. The zero-order valence-electron chi connectivity index (χ0n) is 14.9. The number of carboxylic acids is 1. The first-order valence-electron chi connectivity index (χ1n) is 8.67. The van der Waals surface area contributed by atoms with Gasteiger partial charge in [-0.25, -0.2) is 4.79 Å². The number of aryl methyl sites for hydroxylation is 1. The number of carbonyl (C=O) groups is 3. The first kappa shape index (κ1) is 19.4. The van der Waals surface area contributed by atoms with Crippen LogP contribution in [0.4, 0.5) is 5.00 Å². The third-order valence-corrected chi connectivity index (χ3v) is 5.81. The number of hydrogen-bond acceptors (Lipinski definition) is 5. The van der Waals surface area contributed by atoms with Gasteiger partial charge in [0.1, 0.15) is 5.00 Å². The van der Waals surface area contributed by atoms with Crippen molar-refractivity contribution in [3.05, 3.63) is 16.0 Å². The predicted molar refractivity (Wildman–Crippen MR) is 96.1 cm³/mol. The van der Waals surface area contributed by atoms with E-state index in [-0.39, 0.29) is 5.91 Å². The molecule has 25 heavy (non-hydrogen) atoms. The van der Waals surface area contributed by atoms with Crippen LogP contribution < -0.4 is 5.32 Å². The van der Waals surface area contributed by atoms with Gasteiger partial charge in [0.25, 0.3) is 0 Å². The number of rotatable bonds is 6. The first-order valence-corrected chi connectivity index (χ1v) is 9.49. The molecular formula is C18H25NO5S. The minimum Gasteiger partial charge on any atom is -0.481 e. The summed E-state index contributed by atoms with van der Waals surface area (Å²) in [6.07, 6.45) is 3.46. The van der Waals surface area contributed by atoms with E-state index >= 15 is 0 Å². The Morgan fingerprint density at radius 1 is 1.20 bits per heavy atom. The average Bonchev–Trinajstić information content (AvgIpc) is 2.86. The highest BCUT2D eigenvalue weighted by Crippen LogP contribution is 2.36. The molecule has 1 saturated carbocycles. The number of esters is 1. The Labute approximate surface area is 151 Å². The van der Waals surface area contributed by atoms with Crippen molar-refractivity contribution in [2.75, 3.05) is 11.9 Å². The van der Waals surface area contributed by atoms with Gasteiger partial charge in [-0.15, -0.1) is 11.3 Å². The van der Waals surface area contributed by atoms with Gasteiger partial charge in [-0.3, -0.25) is 9.59 Å². The average molecular weight is 367 g/mol. The van der Waals surface area contributed by atoms with Crippen LogP contribution in [-0.2, 0) is 14.3 Å². The van der Waals surface area contributed by atoms with E-state index in [4.69, 9.17) is 4.74 Å². The lowest BCUT2D eigenvalue weighted by Crippen LogP contribution is -2.36. The molecule has 0 spiro atoms. The molecule has 0 aliphatic heterocycles. The number of carboxylic acid groups (broad SMARTS) is 1. The predicted octanol–water partition coefficient (Wildman–Crippen LogP) is 3.76. The first-order chi connectivity index (χ1) is 11.9. The Morgan fingerprint density at radius 3 is 2.44 bits per heavy atom. The summed E-state index contributed by atoms with van der Waals surface area (Å²) in [4.78, 5) is 37.3. The van der Waals surface area contributed by atoms with E-state index in [0.717, 1.165) is 29.7 Å². The zero-order valence-corrected chi connectivity index (χ0v) is 15.7. The molecule has 2 rings (SSSR count). The summed E-state index contributed by atoms with van der Waals surface area (Å²) in [6.45, 7) is 5.94. The summed E-state index contributed by atoms with van der Waals surface area (Å²) in [5, 5.41) is 12.6. The van der Waals surface area contributed by atoms with Crippen molar-refractivity contribution in [3.63, 3.8) is 0 Å². The van der Waals surface area contributed by atoms with Gasteiger partial charge in [-0.05, 0) is 38.7 Å². The van der Waals surface area contributed by atoms with Crippen molar-refractivity contribution >= 4 is 34.2 Å². The number of thiophene rings is 1. The summed E-state index contributed by atoms with van der Waals surface area (Å²) in [5.41, 5.74) is 1.17. The highest BCUT2D eigenvalue weighted by molar-refractivity contribution is 7.16. The lowest BCUT2D eigenvalue weighted by molar-refractivity contribution is -0.147. The quantitative estimate of drug-likeness (QED) is 0.747. The molecule has 1 fully saturated rings. The largest absolute Gasteiger partial charge is 0.481 e. The molecule has 1 aliphatic rings. The van der Waals surface area contributed by atoms with Gasteiger partial charge in [0.15, 0.2) is 0 Å². The molecule has 7 heteroatoms. The van der Waals surface area contributed by atoms with E-state index in [1.807, 2.05) is 20.8 Å². The number of ether oxygens (including phenoxy) is 1. The highest BCUT2D eigenvalue weighted by atomic mass is 32.1. The van der Waals surface area contributed by atoms with Crippen LogP contribution in [0.25, 0.3) is 0 Å². The summed E-state index contributed by atoms with van der Waals surface area (Å²) in [5.74, 6) is -2.92. The van der Waals surface area contributed by atoms with Crippen molar-refractivity contribution in [2.45, 2.75) is 52.9 Å². The fraction of sp³-hybridized carbons (Fsp3) is 0.611. The number of aliphatic carboxylic acids is 1. The van der Waals surface area contributed by atoms with Gasteiger partial charge in [-0.1, -0.05) is 19.8 Å². The normalized spacial score (nSPS) is 20.1. The van der Waals surface area contributed by atoms with Crippen molar-refractivity contribution in [2.24, 2.45) is 11.8 Å². The van der Waals surface area contributed by atoms with Crippen LogP contribution >= 0.6 is 11.3 Å². The van der Waals surface area contributed by atoms with E-state index in [9.17, 15) is 19.5 Å². The van der Waals surface area contributed by atoms with E-state index in [0.29, 0.717) is 30.0 Å². The van der Waals surface area contributed by atoms with Gasteiger partial charge in [0.2, 0.25) is 5.91 Å². The van der Waals surface area contributed by atoms with E-state index in [2.05, 4.69) is 5.32 Å². The number of hydrogen-bond donors (Lipinski definition) is 2. The van der Waals surface area contributed by atoms with Crippen molar-refractivity contribution < 1.29 is 24.2 Å². The molecule has 0 radical (unpaired) electrons. The highest BCUT2D eigenvalue weighted by Gasteiger charge is 2.36. The molecule has 1 aliphatic carbocycles. The molecular weight excluding hydrogens is 342 g/mol. The molecule has 2 atom stereocenters. The fourth-order valence-electron chi connectivity index (χ4n) is 3.17. The van der Waals surface area contributed by atoms with Gasteiger partial charge in [0, 0.05) is 4.88 Å². The second-order valence-corrected chi connectivity index (χ2v) is 7.67. The van der Waals surface area contributed by atoms with Gasteiger partial charge in [-0.2, -0.15) is 0 Å². The summed E-state index contributed by atoms with van der Waals surface area (Å²) in [6, 6.07) is 0. The zero-order chi connectivity index (χ0) is 18.6. The Kier molecular flexibility index (Phi) is 6.58. The van der Waals surface area contributed by atoms with Crippen LogP contribution in [0.1, 0.15) is 59.8 Å². The van der Waals surface area contributed by atoms with E-state index in [1.54, 1.807) is 0 Å². The Balaban J connectivity index is 2.21. The maximum atomic E-state index is 12.7. The fourth-order valence-corrected chi connectivity index (χ4v) is 4.22. The topological polar surface area (TPSA) is 92.7 Å². The third-order valence-electron chi connectivity index (χ3n) is 4.68. The van der Waals surface area contributed by atoms with Crippen molar-refractivity contribution in [1.82, 2.24) is 0 Å². The standard InChI is InChI=1S/C18H25NO5S/c1-4-9-24-18(23)14-10(2)11(3)25-16(14)19-15(20)12-7-5-6-8-13(12)17(21)22/h12-13H,4-9H2,1-3H3,(H,19,20)(H,21,22)/t12-,13+/m0/s1. The van der Waals surface area contributed by atoms with Gasteiger partial charge in [0.05, 0.1) is 24.0 Å². The van der Waals surface area contributed by atoms with E-state index < -0.39 is 23.8 Å². The lowest BCUT2D eigenvalue weighted by atomic mass is 9.79. The summed E-state index contributed by atoms with van der Waals surface area (Å²) >= 11 is 1.32. The number of carbonyl (C=O) groups excluding carboxylic acids is 2. The molecule has 2 N–H and O–H groups in total. The maximum Gasteiger partial charge on any atom is 0.341 e. The molecule has 1 aromatic rings. The minimum atomic E-state index is -0.930. The second kappa shape index (κ2) is 8.47. The lowest BCUT2D eigenvalue weighted by Gasteiger charge is -2.27. The molecule has 6 nitrogen and oxygen atoms in total. The van der Waals surface area contributed by atoms with Crippen molar-refractivity contribution in [1.29, 1.82) is 0 Å². The molecule has 0 aromatic carbocycles. The monoisotopic (exact) mass is 367 g/mol. The maximum absolute atomic E-state index is 12.7. The molecule has 138 valence electrons. The Hall–Kier alpha value is -1.89. The molecule has 0 saturated heterocycles. The number of amides is 1. The third kappa shape index (κ3) is 4.39. The van der Waals surface area contributed by atoms with Gasteiger partial charge < -0.3 is 15.2 Å². The Morgan fingerprint density at radius 2 is 1.84 bits per heavy atom. The van der Waals surface area contributed by atoms with Crippen LogP contribution in [0.5, 0.6) is 0 Å². The number of nitrogens with one attached hydrogen (secondary N) is 1. The second-order valence-electron chi connectivity index (χ2n) is 6.45. The SMILES string of the molecule is CCCOC(=O)c1c(NC(=O)[C@H]2CCCC[C@H]2C(=O)O)sc(C)c1C.